The third kappa shape index (κ3) is 5.91. The Bertz CT molecular complexity index is 931. The van der Waals surface area contributed by atoms with E-state index in [1.54, 1.807) is 12.1 Å². The minimum Gasteiger partial charge on any atom is -0.508 e. The first kappa shape index (κ1) is 21.1. The Balaban J connectivity index is 1.52. The van der Waals surface area contributed by atoms with Crippen molar-refractivity contribution in [2.24, 2.45) is 5.92 Å². The fraction of sp³-hybridized carbons (Fsp3) is 0.417. The molecule has 156 valence electrons. The van der Waals surface area contributed by atoms with E-state index < -0.39 is 0 Å². The largest absolute Gasteiger partial charge is 0.508 e. The van der Waals surface area contributed by atoms with Crippen LogP contribution in [0.1, 0.15) is 33.3 Å². The predicted octanol–water partition coefficient (Wildman–Crippen LogP) is 4.90. The number of fused-ring (bicyclic) bond motifs is 1. The van der Waals surface area contributed by atoms with Gasteiger partial charge in [-0.15, -0.1) is 0 Å². The lowest BCUT2D eigenvalue weighted by Gasteiger charge is -2.26. The first-order chi connectivity index (χ1) is 13.8. The average molecular weight is 397 g/mol. The van der Waals surface area contributed by atoms with Crippen molar-refractivity contribution in [2.45, 2.75) is 39.7 Å². The van der Waals surface area contributed by atoms with Crippen molar-refractivity contribution in [2.75, 3.05) is 19.8 Å². The number of H-pyrrole nitrogens is 1. The molecule has 0 amide bonds. The minimum atomic E-state index is -0.0932. The molecule has 3 aromatic rings. The van der Waals surface area contributed by atoms with E-state index >= 15 is 0 Å². The number of aromatic amines is 1. The number of hydrogen-bond donors (Lipinski definition) is 3. The zero-order valence-corrected chi connectivity index (χ0v) is 17.8. The van der Waals surface area contributed by atoms with Crippen LogP contribution in [-0.4, -0.2) is 35.4 Å². The maximum atomic E-state index is 9.63. The van der Waals surface area contributed by atoms with Gasteiger partial charge in [0, 0.05) is 35.2 Å². The highest BCUT2D eigenvalue weighted by Crippen LogP contribution is 2.27. The van der Waals surface area contributed by atoms with Crippen molar-refractivity contribution >= 4 is 10.9 Å². The molecular weight excluding hydrogens is 364 g/mol. The summed E-state index contributed by atoms with van der Waals surface area (Å²) in [5.41, 5.74) is 2.09. The fourth-order valence-electron chi connectivity index (χ4n) is 3.35. The molecule has 5 nitrogen and oxygen atoms in total. The van der Waals surface area contributed by atoms with Crippen molar-refractivity contribution in [1.29, 1.82) is 0 Å². The molecule has 0 radical (unpaired) electrons. The van der Waals surface area contributed by atoms with E-state index in [4.69, 9.17) is 9.47 Å². The Morgan fingerprint density at radius 3 is 2.52 bits per heavy atom. The van der Waals surface area contributed by atoms with Crippen LogP contribution in [0.2, 0.25) is 0 Å². The van der Waals surface area contributed by atoms with E-state index in [0.29, 0.717) is 19.1 Å². The number of ether oxygens (including phenoxy) is 2. The first-order valence-corrected chi connectivity index (χ1v) is 10.2. The van der Waals surface area contributed by atoms with Gasteiger partial charge in [0.1, 0.15) is 12.4 Å². The highest BCUT2D eigenvalue weighted by Gasteiger charge is 2.19. The van der Waals surface area contributed by atoms with Gasteiger partial charge < -0.3 is 24.9 Å². The summed E-state index contributed by atoms with van der Waals surface area (Å²) in [5.74, 6) is 2.32. The first-order valence-electron chi connectivity index (χ1n) is 10.2. The van der Waals surface area contributed by atoms with Gasteiger partial charge in [0.25, 0.3) is 0 Å². The van der Waals surface area contributed by atoms with Crippen LogP contribution in [-0.2, 0) is 6.42 Å². The molecule has 0 unspecified atom stereocenters. The number of benzene rings is 2. The Kier molecular flexibility index (Phi) is 6.70. The predicted molar refractivity (Wildman–Crippen MR) is 118 cm³/mol. The minimum absolute atomic E-state index is 0.0932. The summed E-state index contributed by atoms with van der Waals surface area (Å²) in [6.07, 6.45) is 2.89. The molecule has 0 bridgehead atoms. The van der Waals surface area contributed by atoms with E-state index in [2.05, 4.69) is 38.0 Å². The van der Waals surface area contributed by atoms with Gasteiger partial charge in [0.15, 0.2) is 11.5 Å². The van der Waals surface area contributed by atoms with Gasteiger partial charge in [-0.3, -0.25) is 0 Å². The molecule has 29 heavy (non-hydrogen) atoms. The number of para-hydroxylation sites is 2. The maximum Gasteiger partial charge on any atom is 0.161 e. The number of phenols is 1. The summed E-state index contributed by atoms with van der Waals surface area (Å²) in [6.45, 7) is 10.6. The summed E-state index contributed by atoms with van der Waals surface area (Å²) in [6, 6.07) is 13.3. The molecule has 3 rings (SSSR count). The normalized spacial score (nSPS) is 11.9. The van der Waals surface area contributed by atoms with Crippen molar-refractivity contribution < 1.29 is 14.6 Å². The molecule has 0 saturated carbocycles. The van der Waals surface area contributed by atoms with E-state index in [-0.39, 0.29) is 11.3 Å². The highest BCUT2D eigenvalue weighted by molar-refractivity contribution is 5.84. The van der Waals surface area contributed by atoms with E-state index in [1.807, 2.05) is 36.5 Å². The summed E-state index contributed by atoms with van der Waals surface area (Å²) >= 11 is 0. The molecule has 0 saturated heterocycles. The summed E-state index contributed by atoms with van der Waals surface area (Å²) in [4.78, 5) is 3.24. The Labute approximate surface area is 173 Å². The van der Waals surface area contributed by atoms with Gasteiger partial charge in [-0.05, 0) is 56.0 Å². The second-order valence-electron chi connectivity index (χ2n) is 8.53. The molecule has 0 atom stereocenters. The number of aromatic hydroxyl groups is 1. The lowest BCUT2D eigenvalue weighted by atomic mass is 9.94. The molecule has 5 heteroatoms. The molecule has 3 N–H and O–H groups in total. The van der Waals surface area contributed by atoms with Gasteiger partial charge in [-0.1, -0.05) is 26.0 Å². The number of hydrogen-bond acceptors (Lipinski definition) is 4. The maximum absolute atomic E-state index is 9.63. The van der Waals surface area contributed by atoms with Crippen molar-refractivity contribution in [1.82, 2.24) is 10.3 Å². The van der Waals surface area contributed by atoms with Crippen molar-refractivity contribution in [3.8, 4) is 17.2 Å². The van der Waals surface area contributed by atoms with Crippen molar-refractivity contribution in [3.63, 3.8) is 0 Å². The van der Waals surface area contributed by atoms with Gasteiger partial charge >= 0.3 is 0 Å². The Morgan fingerprint density at radius 1 is 1.07 bits per heavy atom. The van der Waals surface area contributed by atoms with E-state index in [9.17, 15) is 5.11 Å². The molecule has 0 aliphatic carbocycles. The molecule has 0 spiro atoms. The molecule has 0 aliphatic heterocycles. The Hall–Kier alpha value is -2.66. The van der Waals surface area contributed by atoms with Crippen LogP contribution in [0.3, 0.4) is 0 Å². The number of nitrogens with one attached hydrogen (secondary N) is 2. The molecular formula is C24H32N2O3. The van der Waals surface area contributed by atoms with E-state index in [0.717, 1.165) is 35.4 Å². The zero-order valence-electron chi connectivity index (χ0n) is 17.8. The smallest absolute Gasteiger partial charge is 0.161 e. The zero-order chi connectivity index (χ0) is 20.9. The summed E-state index contributed by atoms with van der Waals surface area (Å²) < 4.78 is 11.8. The van der Waals surface area contributed by atoms with Crippen LogP contribution in [0, 0.1) is 5.92 Å². The molecule has 2 aromatic carbocycles. The van der Waals surface area contributed by atoms with E-state index in [1.165, 1.54) is 5.56 Å². The lowest BCUT2D eigenvalue weighted by Crippen LogP contribution is -2.43. The molecule has 0 fully saturated rings. The van der Waals surface area contributed by atoms with Crippen LogP contribution in [0.5, 0.6) is 17.2 Å². The monoisotopic (exact) mass is 396 g/mol. The second-order valence-corrected chi connectivity index (χ2v) is 8.53. The quantitative estimate of drug-likeness (QED) is 0.427. The van der Waals surface area contributed by atoms with Crippen LogP contribution >= 0.6 is 0 Å². The fourth-order valence-corrected chi connectivity index (χ4v) is 3.35. The third-order valence-corrected chi connectivity index (χ3v) is 4.77. The lowest BCUT2D eigenvalue weighted by molar-refractivity contribution is 0.238. The van der Waals surface area contributed by atoms with Gasteiger partial charge in [0.2, 0.25) is 0 Å². The number of aromatic nitrogens is 1. The van der Waals surface area contributed by atoms with Crippen LogP contribution < -0.4 is 14.8 Å². The molecule has 1 aromatic heterocycles. The summed E-state index contributed by atoms with van der Waals surface area (Å²) in [5, 5.41) is 14.4. The molecule has 1 heterocycles. The van der Waals surface area contributed by atoms with Crippen molar-refractivity contribution in [3.05, 3.63) is 54.2 Å². The van der Waals surface area contributed by atoms with Crippen LogP contribution in [0.4, 0.5) is 0 Å². The third-order valence-electron chi connectivity index (χ3n) is 4.77. The molecule has 0 aliphatic rings. The topological polar surface area (TPSA) is 66.5 Å². The van der Waals surface area contributed by atoms with Crippen LogP contribution in [0.25, 0.3) is 10.9 Å². The van der Waals surface area contributed by atoms with Gasteiger partial charge in [0.05, 0.1) is 6.61 Å². The Morgan fingerprint density at radius 2 is 1.79 bits per heavy atom. The number of rotatable bonds is 10. The SMILES string of the molecule is CC(C)COc1ccccc1OCCNC(C)(C)Cc1c[nH]c2cc(O)ccc12. The standard InChI is InChI=1S/C24H32N2O3/c1-17(2)16-29-23-8-6-5-7-22(23)28-12-11-26-24(3,4)14-18-15-25-21-13-19(27)9-10-20(18)21/h5-10,13,15,17,25-27H,11-12,14,16H2,1-4H3. The second kappa shape index (κ2) is 9.23. The summed E-state index contributed by atoms with van der Waals surface area (Å²) in [7, 11) is 0. The van der Waals surface area contributed by atoms with Crippen LogP contribution in [0.15, 0.2) is 48.7 Å². The number of phenolic OH excluding ortho intramolecular Hbond substituents is 1. The van der Waals surface area contributed by atoms with Gasteiger partial charge in [-0.2, -0.15) is 0 Å². The highest BCUT2D eigenvalue weighted by atomic mass is 16.5. The van der Waals surface area contributed by atoms with Gasteiger partial charge in [-0.25, -0.2) is 0 Å². The average Bonchev–Trinajstić information content (AvgIpc) is 3.05.